The molecule has 0 bridgehead atoms. The summed E-state index contributed by atoms with van der Waals surface area (Å²) in [6.07, 6.45) is 7.53. The zero-order valence-electron chi connectivity index (χ0n) is 15.1. The number of pyridine rings is 1. The van der Waals surface area contributed by atoms with Gasteiger partial charge in [0.1, 0.15) is 0 Å². The normalized spacial score (nSPS) is 25.0. The van der Waals surface area contributed by atoms with Gasteiger partial charge in [-0.15, -0.1) is 0 Å². The van der Waals surface area contributed by atoms with E-state index >= 15 is 0 Å². The number of carbonyl (C=O) groups excluding carboxylic acids is 1. The molecule has 25 heavy (non-hydrogen) atoms. The predicted molar refractivity (Wildman–Crippen MR) is 98.6 cm³/mol. The van der Waals surface area contributed by atoms with Crippen molar-refractivity contribution in [2.75, 3.05) is 37.6 Å². The first-order valence-electron chi connectivity index (χ1n) is 9.49. The van der Waals surface area contributed by atoms with Gasteiger partial charge in [-0.1, -0.05) is 6.92 Å². The highest BCUT2D eigenvalue weighted by Gasteiger charge is 2.27. The average molecular weight is 346 g/mol. The van der Waals surface area contributed by atoms with E-state index in [9.17, 15) is 9.90 Å². The highest BCUT2D eigenvalue weighted by atomic mass is 16.3. The molecule has 2 aliphatic rings. The van der Waals surface area contributed by atoms with Crippen LogP contribution in [0, 0.1) is 11.8 Å². The molecule has 6 nitrogen and oxygen atoms in total. The third kappa shape index (κ3) is 4.84. The van der Waals surface area contributed by atoms with Gasteiger partial charge in [0.15, 0.2) is 0 Å². The number of carbonyl (C=O) groups is 1. The van der Waals surface area contributed by atoms with Crippen molar-refractivity contribution in [3.63, 3.8) is 0 Å². The van der Waals surface area contributed by atoms with Crippen molar-refractivity contribution in [3.05, 3.63) is 24.5 Å². The second-order valence-corrected chi connectivity index (χ2v) is 7.44. The van der Waals surface area contributed by atoms with E-state index in [-0.39, 0.29) is 11.9 Å². The van der Waals surface area contributed by atoms with Crippen LogP contribution < -0.4 is 10.2 Å². The minimum atomic E-state index is -0.392. The van der Waals surface area contributed by atoms with Gasteiger partial charge in [-0.25, -0.2) is 4.79 Å². The number of aliphatic hydroxyl groups excluding tert-OH is 1. The van der Waals surface area contributed by atoms with Gasteiger partial charge < -0.3 is 20.2 Å². The smallest absolute Gasteiger partial charge is 0.317 e. The number of nitrogens with zero attached hydrogens (tertiary/aromatic N) is 3. The zero-order valence-corrected chi connectivity index (χ0v) is 15.1. The molecule has 2 aliphatic heterocycles. The van der Waals surface area contributed by atoms with Gasteiger partial charge >= 0.3 is 6.03 Å². The van der Waals surface area contributed by atoms with Crippen LogP contribution in [0.2, 0.25) is 0 Å². The topological polar surface area (TPSA) is 68.7 Å². The van der Waals surface area contributed by atoms with Crippen LogP contribution in [0.4, 0.5) is 10.5 Å². The van der Waals surface area contributed by atoms with Crippen LogP contribution in [-0.4, -0.2) is 59.8 Å². The maximum absolute atomic E-state index is 12.2. The lowest BCUT2D eigenvalue weighted by atomic mass is 9.93. The number of aliphatic hydroxyl groups is 1. The molecule has 1 aromatic heterocycles. The fraction of sp³-hybridized carbons (Fsp3) is 0.684. The molecule has 0 spiro atoms. The molecule has 6 heteroatoms. The Bertz CT molecular complexity index is 546. The van der Waals surface area contributed by atoms with E-state index in [1.165, 1.54) is 5.69 Å². The van der Waals surface area contributed by atoms with Gasteiger partial charge in [0.25, 0.3) is 0 Å². The minimum absolute atomic E-state index is 0.0276. The number of anilines is 1. The van der Waals surface area contributed by atoms with Crippen molar-refractivity contribution in [1.82, 2.24) is 15.2 Å². The third-order valence-electron chi connectivity index (χ3n) is 5.68. The fourth-order valence-electron chi connectivity index (χ4n) is 3.76. The predicted octanol–water partition coefficient (Wildman–Crippen LogP) is 2.10. The Balaban J connectivity index is 1.34. The number of hydrogen-bond donors (Lipinski definition) is 2. The van der Waals surface area contributed by atoms with Crippen molar-refractivity contribution < 1.29 is 9.90 Å². The Morgan fingerprint density at radius 1 is 1.24 bits per heavy atom. The van der Waals surface area contributed by atoms with Crippen LogP contribution in [0.25, 0.3) is 0 Å². The molecule has 0 aliphatic carbocycles. The summed E-state index contributed by atoms with van der Waals surface area (Å²) in [5, 5.41) is 12.9. The molecule has 1 aromatic rings. The van der Waals surface area contributed by atoms with Gasteiger partial charge in [0, 0.05) is 50.8 Å². The number of urea groups is 1. The lowest BCUT2D eigenvalue weighted by molar-refractivity contribution is 0.0435. The van der Waals surface area contributed by atoms with E-state index in [2.05, 4.69) is 27.3 Å². The summed E-state index contributed by atoms with van der Waals surface area (Å²) in [5.41, 5.74) is 1.25. The molecule has 2 N–H and O–H groups in total. The molecule has 3 heterocycles. The lowest BCUT2D eigenvalue weighted by Crippen LogP contribution is -2.50. The third-order valence-corrected chi connectivity index (χ3v) is 5.68. The molecule has 2 unspecified atom stereocenters. The van der Waals surface area contributed by atoms with E-state index < -0.39 is 6.10 Å². The van der Waals surface area contributed by atoms with Crippen LogP contribution >= 0.6 is 0 Å². The molecule has 138 valence electrons. The number of rotatable bonds is 4. The van der Waals surface area contributed by atoms with Crippen LogP contribution in [-0.2, 0) is 0 Å². The quantitative estimate of drug-likeness (QED) is 0.876. The van der Waals surface area contributed by atoms with Crippen molar-refractivity contribution in [1.29, 1.82) is 0 Å². The van der Waals surface area contributed by atoms with Crippen molar-refractivity contribution in [2.24, 2.45) is 11.8 Å². The van der Waals surface area contributed by atoms with E-state index in [0.29, 0.717) is 12.5 Å². The van der Waals surface area contributed by atoms with Crippen LogP contribution in [0.15, 0.2) is 24.5 Å². The minimum Gasteiger partial charge on any atom is -0.391 e. The number of likely N-dealkylation sites (tertiary alicyclic amines) is 1. The summed E-state index contributed by atoms with van der Waals surface area (Å²) in [6, 6.07) is 4.10. The Kier molecular flexibility index (Phi) is 6.13. The van der Waals surface area contributed by atoms with Gasteiger partial charge in [-0.05, 0) is 49.7 Å². The standard InChI is InChI=1S/C19H30N4O2/c1-15-5-11-23(14-18(15)24)19(25)21-10-2-16-6-12-22(13-7-16)17-3-8-20-9-4-17/h3-4,8-9,15-16,18,24H,2,5-7,10-14H2,1H3,(H,21,25). The highest BCUT2D eigenvalue weighted by molar-refractivity contribution is 5.74. The molecule has 0 saturated carbocycles. The van der Waals surface area contributed by atoms with E-state index in [4.69, 9.17) is 0 Å². The maximum atomic E-state index is 12.2. The molecular weight excluding hydrogens is 316 g/mol. The van der Waals surface area contributed by atoms with Crippen molar-refractivity contribution >= 4 is 11.7 Å². The summed E-state index contributed by atoms with van der Waals surface area (Å²) in [7, 11) is 0. The summed E-state index contributed by atoms with van der Waals surface area (Å²) in [6.45, 7) is 6.10. The molecule has 2 fully saturated rings. The molecular formula is C19H30N4O2. The number of amides is 2. The maximum Gasteiger partial charge on any atom is 0.317 e. The Hall–Kier alpha value is -1.82. The first-order chi connectivity index (χ1) is 12.1. The lowest BCUT2D eigenvalue weighted by Gasteiger charge is -2.35. The Morgan fingerprint density at radius 3 is 2.64 bits per heavy atom. The molecule has 2 saturated heterocycles. The second-order valence-electron chi connectivity index (χ2n) is 7.44. The van der Waals surface area contributed by atoms with Crippen LogP contribution in [0.1, 0.15) is 32.6 Å². The molecule has 2 atom stereocenters. The number of piperidine rings is 2. The summed E-state index contributed by atoms with van der Waals surface area (Å²) in [4.78, 5) is 20.4. The molecule has 3 rings (SSSR count). The Morgan fingerprint density at radius 2 is 1.96 bits per heavy atom. The monoisotopic (exact) mass is 346 g/mol. The summed E-state index contributed by atoms with van der Waals surface area (Å²) >= 11 is 0. The van der Waals surface area contributed by atoms with Gasteiger partial charge in [0.2, 0.25) is 0 Å². The van der Waals surface area contributed by atoms with Gasteiger partial charge in [0.05, 0.1) is 6.10 Å². The Labute approximate surface area is 150 Å². The fourth-order valence-corrected chi connectivity index (χ4v) is 3.76. The zero-order chi connectivity index (χ0) is 17.6. The number of β-amino-alcohol motifs (C(OH)–C–C–N with tert-alkyl or cyclic N) is 1. The highest BCUT2D eigenvalue weighted by Crippen LogP contribution is 2.24. The summed E-state index contributed by atoms with van der Waals surface area (Å²) < 4.78 is 0. The van der Waals surface area contributed by atoms with Crippen LogP contribution in [0.5, 0.6) is 0 Å². The largest absolute Gasteiger partial charge is 0.391 e. The van der Waals surface area contributed by atoms with Gasteiger partial charge in [-0.2, -0.15) is 0 Å². The average Bonchev–Trinajstić information content (AvgIpc) is 2.65. The number of hydrogen-bond acceptors (Lipinski definition) is 4. The van der Waals surface area contributed by atoms with E-state index in [0.717, 1.165) is 51.9 Å². The molecule has 0 aromatic carbocycles. The first kappa shape index (κ1) is 18.0. The second kappa shape index (κ2) is 8.52. The van der Waals surface area contributed by atoms with E-state index in [1.807, 2.05) is 19.3 Å². The van der Waals surface area contributed by atoms with Crippen LogP contribution in [0.3, 0.4) is 0 Å². The van der Waals surface area contributed by atoms with E-state index in [1.54, 1.807) is 4.90 Å². The molecule has 0 radical (unpaired) electrons. The number of aromatic nitrogens is 1. The first-order valence-corrected chi connectivity index (χ1v) is 9.49. The summed E-state index contributed by atoms with van der Waals surface area (Å²) in [5.74, 6) is 0.958. The van der Waals surface area contributed by atoms with Gasteiger partial charge in [-0.3, -0.25) is 4.98 Å². The van der Waals surface area contributed by atoms with Crippen molar-refractivity contribution in [2.45, 2.75) is 38.7 Å². The van der Waals surface area contributed by atoms with Crippen molar-refractivity contribution in [3.8, 4) is 0 Å². The number of nitrogens with one attached hydrogen (secondary N) is 1. The molecule has 2 amide bonds. The SMILES string of the molecule is CC1CCN(C(=O)NCCC2CCN(c3ccncc3)CC2)CC1O.